The molecule has 186 valence electrons. The SMILES string of the molecule is CCOc1ccccc1NC(=O)[C@H]1O[C@H]2OC3(CCCCC3)O[C@@H]2[C@H]2OC3(CCCCC3)O[C@H]21. The van der Waals surface area contributed by atoms with Crippen molar-refractivity contribution in [3.8, 4) is 5.75 Å². The number of carbonyl (C=O) groups excluding carboxylic acids is 1. The molecule has 1 N–H and O–H groups in total. The lowest BCUT2D eigenvalue weighted by atomic mass is 9.94. The minimum absolute atomic E-state index is 0.287. The summed E-state index contributed by atoms with van der Waals surface area (Å²) in [7, 11) is 0. The van der Waals surface area contributed by atoms with Crippen molar-refractivity contribution in [1.29, 1.82) is 0 Å². The Morgan fingerprint density at radius 2 is 1.50 bits per heavy atom. The minimum Gasteiger partial charge on any atom is -0.492 e. The first-order chi connectivity index (χ1) is 16.6. The molecule has 3 heterocycles. The normalized spacial score (nSPS) is 35.6. The molecule has 1 aromatic carbocycles. The quantitative estimate of drug-likeness (QED) is 0.699. The maximum Gasteiger partial charge on any atom is 0.256 e. The highest BCUT2D eigenvalue weighted by Crippen LogP contribution is 2.51. The van der Waals surface area contributed by atoms with Gasteiger partial charge in [0, 0.05) is 25.7 Å². The number of hydrogen-bond donors (Lipinski definition) is 1. The average Bonchev–Trinajstić information content (AvgIpc) is 3.38. The molecule has 2 spiro atoms. The molecule has 5 aliphatic rings. The van der Waals surface area contributed by atoms with Gasteiger partial charge < -0.3 is 33.7 Å². The zero-order chi connectivity index (χ0) is 23.2. The molecule has 5 atom stereocenters. The smallest absolute Gasteiger partial charge is 0.256 e. The molecule has 6 rings (SSSR count). The first kappa shape index (κ1) is 22.7. The molecule has 0 radical (unpaired) electrons. The van der Waals surface area contributed by atoms with Crippen LogP contribution in [-0.2, 0) is 28.5 Å². The van der Waals surface area contributed by atoms with Gasteiger partial charge in [0.25, 0.3) is 5.91 Å². The maximum absolute atomic E-state index is 13.6. The number of anilines is 1. The summed E-state index contributed by atoms with van der Waals surface area (Å²) in [6.07, 6.45) is 7.02. The number of benzene rings is 1. The fourth-order valence-electron chi connectivity index (χ4n) is 6.22. The van der Waals surface area contributed by atoms with Crippen LogP contribution in [0.2, 0.25) is 0 Å². The zero-order valence-corrected chi connectivity index (χ0v) is 19.8. The highest BCUT2D eigenvalue weighted by molar-refractivity contribution is 5.96. The lowest BCUT2D eigenvalue weighted by molar-refractivity contribution is -0.246. The second kappa shape index (κ2) is 9.06. The molecular formula is C26H35NO7. The molecule has 34 heavy (non-hydrogen) atoms. The van der Waals surface area contributed by atoms with Crippen LogP contribution >= 0.6 is 0 Å². The van der Waals surface area contributed by atoms with Gasteiger partial charge in [0.15, 0.2) is 24.0 Å². The number of hydrogen-bond acceptors (Lipinski definition) is 7. The van der Waals surface area contributed by atoms with E-state index >= 15 is 0 Å². The van der Waals surface area contributed by atoms with Crippen LogP contribution in [0.15, 0.2) is 24.3 Å². The van der Waals surface area contributed by atoms with E-state index in [2.05, 4.69) is 5.32 Å². The van der Waals surface area contributed by atoms with Crippen molar-refractivity contribution >= 4 is 11.6 Å². The number of rotatable bonds is 4. The third-order valence-corrected chi connectivity index (χ3v) is 7.81. The van der Waals surface area contributed by atoms with Crippen LogP contribution in [0.4, 0.5) is 5.69 Å². The van der Waals surface area contributed by atoms with Gasteiger partial charge in [0.1, 0.15) is 24.1 Å². The van der Waals surface area contributed by atoms with Crippen LogP contribution in [0, 0.1) is 0 Å². The van der Waals surface area contributed by atoms with Crippen molar-refractivity contribution in [2.45, 2.75) is 113 Å². The molecule has 8 nitrogen and oxygen atoms in total. The number of fused-ring (bicyclic) bond motifs is 3. The number of carbonyl (C=O) groups is 1. The standard InChI is InChI=1S/C26H35NO7/c1-2-29-18-12-6-5-11-17(18)27-23(28)21-19-20(32-25(31-19)13-7-3-8-14-25)22-24(30-21)34-26(33-22)15-9-4-10-16-26/h5-6,11-12,19-22,24H,2-4,7-10,13-16H2,1H3,(H,27,28)/t19-,20+,21+,22-,24+/m1/s1. The Kier molecular flexibility index (Phi) is 6.06. The van der Waals surface area contributed by atoms with Crippen molar-refractivity contribution in [3.05, 3.63) is 24.3 Å². The Bertz CT molecular complexity index is 895. The largest absolute Gasteiger partial charge is 0.492 e. The molecule has 0 bridgehead atoms. The third-order valence-electron chi connectivity index (χ3n) is 7.81. The molecule has 3 saturated heterocycles. The summed E-state index contributed by atoms with van der Waals surface area (Å²) in [4.78, 5) is 13.6. The van der Waals surface area contributed by atoms with E-state index in [1.54, 1.807) is 0 Å². The summed E-state index contributed by atoms with van der Waals surface area (Å²) in [5.41, 5.74) is 0.607. The monoisotopic (exact) mass is 473 g/mol. The summed E-state index contributed by atoms with van der Waals surface area (Å²) in [5.74, 6) is -0.974. The molecule has 2 aliphatic carbocycles. The van der Waals surface area contributed by atoms with Gasteiger partial charge in [0.2, 0.25) is 0 Å². The van der Waals surface area contributed by atoms with Crippen LogP contribution in [-0.4, -0.2) is 54.8 Å². The number of amides is 1. The molecule has 2 saturated carbocycles. The van der Waals surface area contributed by atoms with Crippen molar-refractivity contribution in [3.63, 3.8) is 0 Å². The zero-order valence-electron chi connectivity index (χ0n) is 19.8. The van der Waals surface area contributed by atoms with Crippen molar-refractivity contribution in [1.82, 2.24) is 0 Å². The molecule has 1 amide bonds. The van der Waals surface area contributed by atoms with E-state index in [0.29, 0.717) is 18.0 Å². The van der Waals surface area contributed by atoms with Gasteiger partial charge in [-0.1, -0.05) is 25.0 Å². The molecule has 8 heteroatoms. The Hall–Kier alpha value is -1.71. The second-order valence-electron chi connectivity index (χ2n) is 10.2. The van der Waals surface area contributed by atoms with Crippen LogP contribution in [0.3, 0.4) is 0 Å². The molecule has 0 unspecified atom stereocenters. The molecule has 5 fully saturated rings. The highest BCUT2D eigenvalue weighted by atomic mass is 16.9. The second-order valence-corrected chi connectivity index (χ2v) is 10.2. The van der Waals surface area contributed by atoms with E-state index in [4.69, 9.17) is 28.4 Å². The first-order valence-electron chi connectivity index (χ1n) is 13.0. The lowest BCUT2D eigenvalue weighted by Gasteiger charge is -2.36. The molecule has 1 aromatic rings. The van der Waals surface area contributed by atoms with Gasteiger partial charge in [0.05, 0.1) is 12.3 Å². The van der Waals surface area contributed by atoms with Crippen molar-refractivity contribution < 1.29 is 33.2 Å². The Labute approximate surface area is 200 Å². The van der Waals surface area contributed by atoms with Crippen molar-refractivity contribution in [2.75, 3.05) is 11.9 Å². The van der Waals surface area contributed by atoms with E-state index in [1.807, 2.05) is 31.2 Å². The van der Waals surface area contributed by atoms with Gasteiger partial charge in [-0.2, -0.15) is 0 Å². The predicted molar refractivity (Wildman–Crippen MR) is 122 cm³/mol. The summed E-state index contributed by atoms with van der Waals surface area (Å²) >= 11 is 0. The number of para-hydroxylation sites is 2. The molecular weight excluding hydrogens is 438 g/mol. The van der Waals surface area contributed by atoms with Crippen LogP contribution in [0.1, 0.15) is 71.1 Å². The van der Waals surface area contributed by atoms with E-state index in [9.17, 15) is 4.79 Å². The Morgan fingerprint density at radius 3 is 2.21 bits per heavy atom. The number of ether oxygens (including phenoxy) is 6. The average molecular weight is 474 g/mol. The fourth-order valence-corrected chi connectivity index (χ4v) is 6.22. The van der Waals surface area contributed by atoms with Gasteiger partial charge in [-0.05, 0) is 44.7 Å². The Morgan fingerprint density at radius 1 is 0.882 bits per heavy atom. The minimum atomic E-state index is -0.871. The lowest BCUT2D eigenvalue weighted by Crippen LogP contribution is -2.58. The number of nitrogens with one attached hydrogen (secondary N) is 1. The van der Waals surface area contributed by atoms with Gasteiger partial charge in [-0.15, -0.1) is 0 Å². The van der Waals surface area contributed by atoms with Crippen LogP contribution < -0.4 is 10.1 Å². The van der Waals surface area contributed by atoms with Crippen LogP contribution in [0.5, 0.6) is 5.75 Å². The van der Waals surface area contributed by atoms with Crippen LogP contribution in [0.25, 0.3) is 0 Å². The summed E-state index contributed by atoms with van der Waals surface area (Å²) in [6.45, 7) is 2.42. The first-order valence-corrected chi connectivity index (χ1v) is 13.0. The summed E-state index contributed by atoms with van der Waals surface area (Å²) in [6, 6.07) is 7.41. The third kappa shape index (κ3) is 4.03. The highest BCUT2D eigenvalue weighted by Gasteiger charge is 2.65. The fraction of sp³-hybridized carbons (Fsp3) is 0.731. The topological polar surface area (TPSA) is 84.5 Å². The maximum atomic E-state index is 13.6. The molecule has 0 aromatic heterocycles. The van der Waals surface area contributed by atoms with Crippen molar-refractivity contribution in [2.24, 2.45) is 0 Å². The van der Waals surface area contributed by atoms with E-state index in [-0.39, 0.29) is 5.91 Å². The summed E-state index contributed by atoms with van der Waals surface area (Å²) < 4.78 is 38.1. The van der Waals surface area contributed by atoms with Gasteiger partial charge in [-0.3, -0.25) is 4.79 Å². The predicted octanol–water partition coefficient (Wildman–Crippen LogP) is 4.27. The van der Waals surface area contributed by atoms with E-state index in [1.165, 1.54) is 12.8 Å². The van der Waals surface area contributed by atoms with E-state index < -0.39 is 42.3 Å². The molecule has 3 aliphatic heterocycles. The van der Waals surface area contributed by atoms with Gasteiger partial charge in [-0.25, -0.2) is 0 Å². The summed E-state index contributed by atoms with van der Waals surface area (Å²) in [5, 5.41) is 3.00. The van der Waals surface area contributed by atoms with Gasteiger partial charge >= 0.3 is 0 Å². The Balaban J connectivity index is 1.27. The van der Waals surface area contributed by atoms with E-state index in [0.717, 1.165) is 51.4 Å².